The van der Waals surface area contributed by atoms with Crippen molar-refractivity contribution in [2.24, 2.45) is 0 Å². The molecule has 4 unspecified atom stereocenters. The minimum absolute atomic E-state index is 0.216. The van der Waals surface area contributed by atoms with Gasteiger partial charge in [0.05, 0.1) is 52.4 Å². The van der Waals surface area contributed by atoms with Crippen molar-refractivity contribution in [2.45, 2.75) is 43.4 Å². The van der Waals surface area contributed by atoms with E-state index in [9.17, 15) is 10.5 Å². The van der Waals surface area contributed by atoms with E-state index in [4.69, 9.17) is 9.15 Å². The fourth-order valence-corrected chi connectivity index (χ4v) is 12.5. The van der Waals surface area contributed by atoms with Gasteiger partial charge in [0.1, 0.15) is 17.4 Å². The van der Waals surface area contributed by atoms with Crippen molar-refractivity contribution in [3.8, 4) is 29.0 Å². The van der Waals surface area contributed by atoms with Gasteiger partial charge in [-0.1, -0.05) is 158 Å². The molecule has 0 N–H and O–H groups in total. The van der Waals surface area contributed by atoms with Gasteiger partial charge >= 0.3 is 0 Å². The number of hydrogen-bond donors (Lipinski definition) is 0. The molecular formula is C67H46N4O2. The number of anilines is 4. The minimum Gasteiger partial charge on any atom is -0.483 e. The number of nitriles is 2. The molecule has 1 aromatic heterocycles. The van der Waals surface area contributed by atoms with Crippen molar-refractivity contribution in [3.63, 3.8) is 0 Å². The maximum Gasteiger partial charge on any atom is 0.159 e. The quantitative estimate of drug-likeness (QED) is 0.151. The van der Waals surface area contributed by atoms with Crippen LogP contribution in [-0.2, 0) is 5.41 Å². The lowest BCUT2D eigenvalue weighted by Crippen LogP contribution is -2.57. The molecule has 73 heavy (non-hydrogen) atoms. The molecule has 346 valence electrons. The molecule has 6 heteroatoms. The van der Waals surface area contributed by atoms with Crippen LogP contribution in [0.4, 0.5) is 22.7 Å². The summed E-state index contributed by atoms with van der Waals surface area (Å²) < 4.78 is 13.9. The number of hydrogen-bond acceptors (Lipinski definition) is 6. The molecule has 0 saturated carbocycles. The zero-order valence-electron chi connectivity index (χ0n) is 40.0. The van der Waals surface area contributed by atoms with Crippen molar-refractivity contribution >= 4 is 78.8 Å². The average molecular weight is 939 g/mol. The van der Waals surface area contributed by atoms with Crippen LogP contribution >= 0.6 is 0 Å². The third kappa shape index (κ3) is 6.54. The van der Waals surface area contributed by atoms with E-state index < -0.39 is 5.41 Å². The van der Waals surface area contributed by atoms with Gasteiger partial charge < -0.3 is 19.0 Å². The molecule has 6 nitrogen and oxygen atoms in total. The number of benzene rings is 8. The first-order valence-electron chi connectivity index (χ1n) is 25.1. The second kappa shape index (κ2) is 16.6. The Morgan fingerprint density at radius 2 is 1.38 bits per heavy atom. The van der Waals surface area contributed by atoms with Crippen molar-refractivity contribution < 1.29 is 9.15 Å². The zero-order chi connectivity index (χ0) is 48.8. The standard InChI is InChI=1S/C67H46N4O2/c1-67-37-36-46-29-34-55(70(56-32-26-42(40-68)38-53(56)44-14-4-2-5-15-44)58-22-12-20-50-48-18-8-10-24-60(48)72-65(50)58)52-31-28-47(64(67)63(46)52)30-35-62(67)71(57-33-27-43(41-69)39-54(57)45-16-6-3-7-17-45)59-23-13-21-51-49-19-9-11-25-61(49)73-66(51)59/h2-4,6-14,16-39,59,62,66H,5,15H2,1H3. The number of rotatable bonds is 8. The normalized spacial score (nSPS) is 19.7. The number of para-hydroxylation sites is 3. The molecule has 8 aromatic carbocycles. The van der Waals surface area contributed by atoms with Crippen LogP contribution in [0.15, 0.2) is 211 Å². The molecular weight excluding hydrogens is 893 g/mol. The first kappa shape index (κ1) is 42.5. The summed E-state index contributed by atoms with van der Waals surface area (Å²) >= 11 is 0. The Labute approximate surface area is 423 Å². The summed E-state index contributed by atoms with van der Waals surface area (Å²) in [5.74, 6) is 0.886. The molecule has 5 aliphatic rings. The summed E-state index contributed by atoms with van der Waals surface area (Å²) in [5.41, 5.74) is 16.3. The summed E-state index contributed by atoms with van der Waals surface area (Å²) in [7, 11) is 0. The van der Waals surface area contributed by atoms with Crippen LogP contribution < -0.4 is 14.5 Å². The number of fused-ring (bicyclic) bond motifs is 6. The number of allylic oxidation sites excluding steroid dienone is 6. The van der Waals surface area contributed by atoms with E-state index in [-0.39, 0.29) is 18.2 Å². The van der Waals surface area contributed by atoms with Crippen LogP contribution in [0.3, 0.4) is 0 Å². The van der Waals surface area contributed by atoms with Crippen molar-refractivity contribution in [1.82, 2.24) is 0 Å². The molecule has 2 heterocycles. The highest BCUT2D eigenvalue weighted by Gasteiger charge is 2.48. The molecule has 4 atom stereocenters. The predicted molar refractivity (Wildman–Crippen MR) is 297 cm³/mol. The van der Waals surface area contributed by atoms with Crippen LogP contribution in [-0.4, -0.2) is 18.2 Å². The molecule has 0 saturated heterocycles. The highest BCUT2D eigenvalue weighted by Crippen LogP contribution is 2.55. The highest BCUT2D eigenvalue weighted by molar-refractivity contribution is 6.14. The Morgan fingerprint density at radius 3 is 2.23 bits per heavy atom. The van der Waals surface area contributed by atoms with Gasteiger partial charge in [0.25, 0.3) is 0 Å². The van der Waals surface area contributed by atoms with Crippen molar-refractivity contribution in [3.05, 3.63) is 245 Å². The van der Waals surface area contributed by atoms with E-state index in [0.29, 0.717) is 11.1 Å². The lowest BCUT2D eigenvalue weighted by molar-refractivity contribution is 0.245. The first-order valence-corrected chi connectivity index (χ1v) is 25.1. The largest absolute Gasteiger partial charge is 0.483 e. The number of ether oxygens (including phenoxy) is 1. The van der Waals surface area contributed by atoms with Gasteiger partial charge in [0, 0.05) is 49.5 Å². The van der Waals surface area contributed by atoms with Crippen LogP contribution in [0.5, 0.6) is 5.75 Å². The van der Waals surface area contributed by atoms with Crippen molar-refractivity contribution in [2.75, 3.05) is 9.80 Å². The SMILES string of the molecule is CC12C=Cc3ccc(N(c4ccc(C#N)cc4C4=CC=CCC4)c4cccc5c4oc4ccccc45)c4ccc(c1c34)C=CC2N(c1ccc(C#N)cc1-c1ccccc1)C1C=CC=C2c3ccccc3OC21. The van der Waals surface area contributed by atoms with E-state index >= 15 is 0 Å². The molecule has 4 aliphatic carbocycles. The average Bonchev–Trinajstić information content (AvgIpc) is 4.04. The predicted octanol–water partition coefficient (Wildman–Crippen LogP) is 16.3. The maximum atomic E-state index is 10.3. The first-order chi connectivity index (χ1) is 36.0. The third-order valence-corrected chi connectivity index (χ3v) is 15.8. The fourth-order valence-electron chi connectivity index (χ4n) is 12.5. The zero-order valence-corrected chi connectivity index (χ0v) is 40.0. The van der Waals surface area contributed by atoms with Crippen LogP contribution in [0.25, 0.3) is 67.1 Å². The van der Waals surface area contributed by atoms with Gasteiger partial charge in [-0.3, -0.25) is 0 Å². The second-order valence-corrected chi connectivity index (χ2v) is 19.8. The second-order valence-electron chi connectivity index (χ2n) is 19.8. The van der Waals surface area contributed by atoms with Crippen LogP contribution in [0.2, 0.25) is 0 Å². The van der Waals surface area contributed by atoms with Gasteiger partial charge in [-0.2, -0.15) is 10.5 Å². The highest BCUT2D eigenvalue weighted by atomic mass is 16.5. The Morgan fingerprint density at radius 1 is 0.616 bits per heavy atom. The van der Waals surface area contributed by atoms with E-state index in [1.54, 1.807) is 0 Å². The van der Waals surface area contributed by atoms with Crippen molar-refractivity contribution in [1.29, 1.82) is 10.5 Å². The summed E-state index contributed by atoms with van der Waals surface area (Å²) in [4.78, 5) is 4.95. The molecule has 0 fully saturated rings. The topological polar surface area (TPSA) is 76.4 Å². The third-order valence-electron chi connectivity index (χ3n) is 15.8. The Kier molecular flexibility index (Phi) is 9.68. The van der Waals surface area contributed by atoms with Crippen LogP contribution in [0.1, 0.15) is 58.7 Å². The van der Waals surface area contributed by atoms with E-state index in [2.05, 4.69) is 205 Å². The molecule has 0 spiro atoms. The summed E-state index contributed by atoms with van der Waals surface area (Å²) in [6.45, 7) is 2.40. The Balaban J connectivity index is 1.00. The van der Waals surface area contributed by atoms with Gasteiger partial charge in [-0.05, 0) is 114 Å². The Hall–Kier alpha value is -9.36. The summed E-state index contributed by atoms with van der Waals surface area (Å²) in [6.07, 6.45) is 24.2. The lowest BCUT2D eigenvalue weighted by Gasteiger charge is -2.51. The summed E-state index contributed by atoms with van der Waals surface area (Å²) in [5, 5.41) is 25.1. The molecule has 9 aromatic rings. The molecule has 1 aliphatic heterocycles. The fraction of sp³-hybridized carbons (Fsp3) is 0.104. The van der Waals surface area contributed by atoms with Gasteiger partial charge in [0.2, 0.25) is 0 Å². The molecule has 0 amide bonds. The Bertz CT molecular complexity index is 4100. The van der Waals surface area contributed by atoms with Gasteiger partial charge in [-0.15, -0.1) is 0 Å². The molecule has 0 radical (unpaired) electrons. The molecule has 14 rings (SSSR count). The number of furan rings is 1. The molecule has 0 bridgehead atoms. The maximum absolute atomic E-state index is 10.3. The number of nitrogens with zero attached hydrogens (tertiary/aromatic N) is 4. The van der Waals surface area contributed by atoms with E-state index in [0.717, 1.165) is 102 Å². The smallest absolute Gasteiger partial charge is 0.159 e. The van der Waals surface area contributed by atoms with E-state index in [1.807, 2.05) is 42.5 Å². The summed E-state index contributed by atoms with van der Waals surface area (Å²) in [6, 6.07) is 59.3. The van der Waals surface area contributed by atoms with Gasteiger partial charge in [-0.25, -0.2) is 0 Å². The lowest BCUT2D eigenvalue weighted by atomic mass is 9.65. The monoisotopic (exact) mass is 938 g/mol. The van der Waals surface area contributed by atoms with Crippen LogP contribution in [0, 0.1) is 22.7 Å². The van der Waals surface area contributed by atoms with Gasteiger partial charge in [0.15, 0.2) is 5.58 Å². The van der Waals surface area contributed by atoms with E-state index in [1.165, 1.54) is 22.1 Å². The minimum atomic E-state index is -0.569.